The van der Waals surface area contributed by atoms with Gasteiger partial charge in [0.1, 0.15) is 12.1 Å². The Hall–Kier alpha value is -1.73. The van der Waals surface area contributed by atoms with Crippen molar-refractivity contribution in [1.29, 1.82) is 0 Å². The summed E-state index contributed by atoms with van der Waals surface area (Å²) in [6.07, 6.45) is 4.73. The lowest BCUT2D eigenvalue weighted by Crippen LogP contribution is -2.37. The van der Waals surface area contributed by atoms with E-state index in [2.05, 4.69) is 44.1 Å². The van der Waals surface area contributed by atoms with Crippen LogP contribution in [0.2, 0.25) is 0 Å². The summed E-state index contributed by atoms with van der Waals surface area (Å²) in [7, 11) is 5.98. The first kappa shape index (κ1) is 13.3. The van der Waals surface area contributed by atoms with Crippen LogP contribution in [0, 0.1) is 0 Å². The van der Waals surface area contributed by atoms with E-state index in [9.17, 15) is 0 Å². The van der Waals surface area contributed by atoms with Crippen molar-refractivity contribution in [3.8, 4) is 0 Å². The van der Waals surface area contributed by atoms with Crippen molar-refractivity contribution in [3.05, 3.63) is 12.5 Å². The molecule has 0 aromatic carbocycles. The van der Waals surface area contributed by atoms with Crippen LogP contribution < -0.4 is 4.90 Å². The molecule has 1 aliphatic rings. The highest BCUT2D eigenvalue weighted by Crippen LogP contribution is 2.23. The minimum Gasteiger partial charge on any atom is -0.380 e. The normalized spacial score (nSPS) is 23.6. The Balaban J connectivity index is 1.76. The zero-order chi connectivity index (χ0) is 14.1. The van der Waals surface area contributed by atoms with Crippen molar-refractivity contribution in [2.75, 3.05) is 39.2 Å². The predicted octanol–water partition coefficient (Wildman–Crippen LogP) is 0.508. The number of hydrogen-bond acceptors (Lipinski definition) is 6. The van der Waals surface area contributed by atoms with Gasteiger partial charge in [-0.15, -0.1) is 0 Å². The molecule has 0 aliphatic carbocycles. The molecule has 1 N–H and O–H groups in total. The van der Waals surface area contributed by atoms with E-state index in [-0.39, 0.29) is 0 Å². The minimum atomic E-state index is 0.331. The number of likely N-dealkylation sites (N-methyl/N-ethyl adjacent to an activating group) is 2. The summed E-state index contributed by atoms with van der Waals surface area (Å²) in [6.45, 7) is 1.90. The van der Waals surface area contributed by atoms with Crippen molar-refractivity contribution in [2.45, 2.75) is 18.6 Å². The quantitative estimate of drug-likeness (QED) is 0.877. The van der Waals surface area contributed by atoms with Crippen LogP contribution in [-0.2, 0) is 4.74 Å². The van der Waals surface area contributed by atoms with Gasteiger partial charge in [0.15, 0.2) is 5.65 Å². The maximum atomic E-state index is 5.46. The topological polar surface area (TPSA) is 70.2 Å². The summed E-state index contributed by atoms with van der Waals surface area (Å²) >= 11 is 0. The Morgan fingerprint density at radius 1 is 1.50 bits per heavy atom. The van der Waals surface area contributed by atoms with Crippen LogP contribution >= 0.6 is 0 Å². The predicted molar refractivity (Wildman–Crippen MR) is 76.8 cm³/mol. The van der Waals surface area contributed by atoms with Crippen molar-refractivity contribution >= 4 is 16.9 Å². The summed E-state index contributed by atoms with van der Waals surface area (Å²) in [5.41, 5.74) is 0.774. The number of anilines is 1. The van der Waals surface area contributed by atoms with Crippen LogP contribution in [0.25, 0.3) is 11.0 Å². The van der Waals surface area contributed by atoms with E-state index in [1.54, 1.807) is 19.6 Å². The van der Waals surface area contributed by atoms with Gasteiger partial charge in [-0.25, -0.2) is 9.97 Å². The van der Waals surface area contributed by atoms with Crippen LogP contribution in [-0.4, -0.2) is 71.5 Å². The van der Waals surface area contributed by atoms with E-state index in [4.69, 9.17) is 4.74 Å². The summed E-state index contributed by atoms with van der Waals surface area (Å²) in [4.78, 5) is 13.1. The first-order valence-corrected chi connectivity index (χ1v) is 6.77. The Morgan fingerprint density at radius 3 is 3.10 bits per heavy atom. The maximum Gasteiger partial charge on any atom is 0.160 e. The Kier molecular flexibility index (Phi) is 3.54. The van der Waals surface area contributed by atoms with Gasteiger partial charge in [-0.3, -0.25) is 10.00 Å². The molecule has 0 bridgehead atoms. The van der Waals surface area contributed by atoms with Gasteiger partial charge in [0.2, 0.25) is 0 Å². The van der Waals surface area contributed by atoms with Crippen LogP contribution in [0.4, 0.5) is 5.82 Å². The first-order chi connectivity index (χ1) is 9.69. The lowest BCUT2D eigenvalue weighted by molar-refractivity contribution is 0.111. The number of likely N-dealkylation sites (tertiary alicyclic amines) is 1. The third kappa shape index (κ3) is 2.34. The molecule has 0 saturated carbocycles. The van der Waals surface area contributed by atoms with Gasteiger partial charge in [-0.2, -0.15) is 5.10 Å². The van der Waals surface area contributed by atoms with Crippen LogP contribution in [0.1, 0.15) is 6.42 Å². The fourth-order valence-electron chi connectivity index (χ4n) is 2.87. The van der Waals surface area contributed by atoms with Gasteiger partial charge in [0.05, 0.1) is 17.7 Å². The lowest BCUT2D eigenvalue weighted by atomic mass is 10.2. The minimum absolute atomic E-state index is 0.331. The molecule has 20 heavy (non-hydrogen) atoms. The van der Waals surface area contributed by atoms with Crippen LogP contribution in [0.5, 0.6) is 0 Å². The van der Waals surface area contributed by atoms with E-state index in [0.717, 1.165) is 36.4 Å². The molecular formula is C13H20N6O. The Bertz CT molecular complexity index is 585. The summed E-state index contributed by atoms with van der Waals surface area (Å²) in [5, 5.41) is 7.86. The lowest BCUT2D eigenvalue weighted by Gasteiger charge is -2.26. The highest BCUT2D eigenvalue weighted by Gasteiger charge is 2.30. The maximum absolute atomic E-state index is 5.46. The SMILES string of the molecule is CO[C@H]1C[C@@H](CN(C)c2ncnc3[nH]ncc23)N(C)C1. The van der Waals surface area contributed by atoms with E-state index in [1.807, 2.05) is 0 Å². The number of nitrogens with zero attached hydrogens (tertiary/aromatic N) is 5. The summed E-state index contributed by atoms with van der Waals surface area (Å²) in [6, 6.07) is 0.474. The van der Waals surface area contributed by atoms with Gasteiger partial charge in [-0.05, 0) is 13.5 Å². The molecule has 0 spiro atoms. The van der Waals surface area contributed by atoms with E-state index < -0.39 is 0 Å². The smallest absolute Gasteiger partial charge is 0.160 e. The number of aromatic nitrogens is 4. The monoisotopic (exact) mass is 276 g/mol. The van der Waals surface area contributed by atoms with Gasteiger partial charge >= 0.3 is 0 Å². The second-order valence-corrected chi connectivity index (χ2v) is 5.40. The molecule has 1 aliphatic heterocycles. The average molecular weight is 276 g/mol. The summed E-state index contributed by atoms with van der Waals surface area (Å²) < 4.78 is 5.46. The van der Waals surface area contributed by atoms with Gasteiger partial charge in [0, 0.05) is 33.3 Å². The molecule has 2 aromatic rings. The van der Waals surface area contributed by atoms with Crippen molar-refractivity contribution in [3.63, 3.8) is 0 Å². The highest BCUT2D eigenvalue weighted by molar-refractivity contribution is 5.85. The number of ether oxygens (including phenoxy) is 1. The van der Waals surface area contributed by atoms with Crippen molar-refractivity contribution in [1.82, 2.24) is 25.1 Å². The highest BCUT2D eigenvalue weighted by atomic mass is 16.5. The molecule has 7 heteroatoms. The summed E-state index contributed by atoms with van der Waals surface area (Å²) in [5.74, 6) is 0.915. The molecule has 2 aromatic heterocycles. The van der Waals surface area contributed by atoms with Gasteiger partial charge in [-0.1, -0.05) is 0 Å². The molecular weight excluding hydrogens is 256 g/mol. The number of aromatic amines is 1. The van der Waals surface area contributed by atoms with Crippen molar-refractivity contribution < 1.29 is 4.74 Å². The van der Waals surface area contributed by atoms with Crippen LogP contribution in [0.3, 0.4) is 0 Å². The third-order valence-corrected chi connectivity index (χ3v) is 4.06. The zero-order valence-electron chi connectivity index (χ0n) is 12.1. The molecule has 1 saturated heterocycles. The van der Waals surface area contributed by atoms with Crippen molar-refractivity contribution in [2.24, 2.45) is 0 Å². The molecule has 0 unspecified atom stereocenters. The van der Waals surface area contributed by atoms with Gasteiger partial charge < -0.3 is 9.64 Å². The first-order valence-electron chi connectivity index (χ1n) is 6.77. The molecule has 7 nitrogen and oxygen atoms in total. The number of H-pyrrole nitrogens is 1. The standard InChI is InChI=1S/C13H20N6O/c1-18-7-10(20-3)4-9(18)6-19(2)13-11-5-16-17-12(11)14-8-15-13/h5,8-10H,4,6-7H2,1-3H3,(H,14,15,16,17)/t9-,10-/m0/s1. The van der Waals surface area contributed by atoms with Gasteiger partial charge in [0.25, 0.3) is 0 Å². The van der Waals surface area contributed by atoms with E-state index in [1.165, 1.54) is 0 Å². The molecule has 3 rings (SSSR count). The molecule has 1 fully saturated rings. The van der Waals surface area contributed by atoms with E-state index >= 15 is 0 Å². The Morgan fingerprint density at radius 2 is 2.35 bits per heavy atom. The second-order valence-electron chi connectivity index (χ2n) is 5.40. The fraction of sp³-hybridized carbons (Fsp3) is 0.615. The number of methoxy groups -OCH3 is 1. The molecule has 0 amide bonds. The molecule has 2 atom stereocenters. The molecule has 0 radical (unpaired) electrons. The Labute approximate surface area is 117 Å². The number of rotatable bonds is 4. The number of fused-ring (bicyclic) bond motifs is 1. The number of nitrogens with one attached hydrogen (secondary N) is 1. The largest absolute Gasteiger partial charge is 0.380 e. The zero-order valence-corrected chi connectivity index (χ0v) is 12.1. The average Bonchev–Trinajstić information content (AvgIpc) is 3.05. The molecule has 3 heterocycles. The van der Waals surface area contributed by atoms with Crippen LogP contribution in [0.15, 0.2) is 12.5 Å². The van der Waals surface area contributed by atoms with E-state index in [0.29, 0.717) is 12.1 Å². The third-order valence-electron chi connectivity index (χ3n) is 4.06. The second kappa shape index (κ2) is 5.34. The number of hydrogen-bond donors (Lipinski definition) is 1. The molecule has 108 valence electrons. The fourth-order valence-corrected chi connectivity index (χ4v) is 2.87.